The summed E-state index contributed by atoms with van der Waals surface area (Å²) in [6, 6.07) is 9.93. The third-order valence-corrected chi connectivity index (χ3v) is 5.72. The van der Waals surface area contributed by atoms with E-state index in [0.29, 0.717) is 17.7 Å². The van der Waals surface area contributed by atoms with Gasteiger partial charge in [-0.15, -0.1) is 24.0 Å². The van der Waals surface area contributed by atoms with E-state index in [1.165, 1.54) is 0 Å². The van der Waals surface area contributed by atoms with E-state index < -0.39 is 0 Å². The van der Waals surface area contributed by atoms with Crippen LogP contribution < -0.4 is 10.6 Å². The number of amides is 1. The van der Waals surface area contributed by atoms with Crippen molar-refractivity contribution < 1.29 is 4.79 Å². The Hall–Kier alpha value is -0.960. The first-order chi connectivity index (χ1) is 12.1. The minimum absolute atomic E-state index is 0. The second kappa shape index (κ2) is 12.4. The molecule has 7 heteroatoms. The van der Waals surface area contributed by atoms with Gasteiger partial charge >= 0.3 is 0 Å². The van der Waals surface area contributed by atoms with Crippen molar-refractivity contribution in [3.8, 4) is 0 Å². The smallest absolute Gasteiger partial charge is 0.242 e. The number of guanidine groups is 1. The minimum atomic E-state index is -0.0500. The molecule has 0 spiro atoms. The van der Waals surface area contributed by atoms with Crippen molar-refractivity contribution in [1.82, 2.24) is 15.5 Å². The molecule has 2 N–H and O–H groups in total. The number of halogens is 1. The standard InChI is InChI=1S/C19H30N4OS.HI/c1-4-20-19(23-10-11-25-17(14-23)15(2)3)22-13-18(24)21-12-16-8-6-5-7-9-16;/h5-9,15,17H,4,10-14H2,1-3H3,(H,20,22)(H,21,24);1H. The highest BCUT2D eigenvalue weighted by molar-refractivity contribution is 14.0. The predicted octanol–water partition coefficient (Wildman–Crippen LogP) is 2.96. The van der Waals surface area contributed by atoms with Gasteiger partial charge in [0.05, 0.1) is 0 Å². The maximum absolute atomic E-state index is 12.1. The molecule has 26 heavy (non-hydrogen) atoms. The average Bonchev–Trinajstić information content (AvgIpc) is 2.64. The van der Waals surface area contributed by atoms with Crippen LogP contribution in [-0.4, -0.2) is 53.9 Å². The zero-order chi connectivity index (χ0) is 18.1. The highest BCUT2D eigenvalue weighted by Crippen LogP contribution is 2.24. The molecule has 1 saturated heterocycles. The highest BCUT2D eigenvalue weighted by atomic mass is 127. The van der Waals surface area contributed by atoms with E-state index >= 15 is 0 Å². The summed E-state index contributed by atoms with van der Waals surface area (Å²) in [6.07, 6.45) is 0. The third kappa shape index (κ3) is 7.73. The molecular formula is C19H31IN4OS. The molecule has 1 aromatic carbocycles. The lowest BCUT2D eigenvalue weighted by Gasteiger charge is -2.36. The summed E-state index contributed by atoms with van der Waals surface area (Å²) in [4.78, 5) is 19.0. The van der Waals surface area contributed by atoms with Crippen LogP contribution in [-0.2, 0) is 11.3 Å². The molecule has 0 aromatic heterocycles. The normalized spacial score (nSPS) is 17.6. The number of hydrogen-bond acceptors (Lipinski definition) is 3. The largest absolute Gasteiger partial charge is 0.357 e. The third-order valence-electron chi connectivity index (χ3n) is 4.18. The van der Waals surface area contributed by atoms with Crippen molar-refractivity contribution in [3.05, 3.63) is 35.9 Å². The SMILES string of the molecule is CCNC(=NCC(=O)NCc1ccccc1)N1CCSC(C(C)C)C1.I. The van der Waals surface area contributed by atoms with Gasteiger partial charge in [-0.1, -0.05) is 44.2 Å². The summed E-state index contributed by atoms with van der Waals surface area (Å²) < 4.78 is 0. The zero-order valence-corrected chi connectivity index (χ0v) is 19.1. The fourth-order valence-electron chi connectivity index (χ4n) is 2.70. The first-order valence-electron chi connectivity index (χ1n) is 9.05. The van der Waals surface area contributed by atoms with E-state index in [1.54, 1.807) is 0 Å². The molecule has 0 radical (unpaired) electrons. The molecule has 1 aliphatic rings. The molecule has 2 rings (SSSR count). The first-order valence-corrected chi connectivity index (χ1v) is 10.1. The minimum Gasteiger partial charge on any atom is -0.357 e. The van der Waals surface area contributed by atoms with Crippen molar-refractivity contribution in [2.75, 3.05) is 31.9 Å². The lowest BCUT2D eigenvalue weighted by molar-refractivity contribution is -0.119. The topological polar surface area (TPSA) is 56.7 Å². The number of benzene rings is 1. The molecule has 146 valence electrons. The Morgan fingerprint density at radius 1 is 1.31 bits per heavy atom. The molecule has 1 heterocycles. The summed E-state index contributed by atoms with van der Waals surface area (Å²) in [5, 5.41) is 6.87. The average molecular weight is 490 g/mol. The van der Waals surface area contributed by atoms with Crippen molar-refractivity contribution in [2.45, 2.75) is 32.6 Å². The molecule has 1 fully saturated rings. The lowest BCUT2D eigenvalue weighted by Crippen LogP contribution is -2.49. The number of nitrogens with one attached hydrogen (secondary N) is 2. The Morgan fingerprint density at radius 3 is 2.69 bits per heavy atom. The van der Waals surface area contributed by atoms with E-state index in [4.69, 9.17) is 0 Å². The number of rotatable bonds is 6. The fourth-order valence-corrected chi connectivity index (χ4v) is 3.99. The van der Waals surface area contributed by atoms with E-state index in [9.17, 15) is 4.79 Å². The predicted molar refractivity (Wildman–Crippen MR) is 122 cm³/mol. The van der Waals surface area contributed by atoms with Crippen LogP contribution in [0.1, 0.15) is 26.3 Å². The lowest BCUT2D eigenvalue weighted by atomic mass is 10.1. The Balaban J connectivity index is 0.00000338. The quantitative estimate of drug-likeness (QED) is 0.366. The number of thioether (sulfide) groups is 1. The number of nitrogens with zero attached hydrogens (tertiary/aromatic N) is 2. The van der Waals surface area contributed by atoms with Gasteiger partial charge in [0.25, 0.3) is 0 Å². The van der Waals surface area contributed by atoms with Crippen LogP contribution in [0.3, 0.4) is 0 Å². The van der Waals surface area contributed by atoms with E-state index in [0.717, 1.165) is 36.9 Å². The van der Waals surface area contributed by atoms with Gasteiger partial charge in [-0.2, -0.15) is 11.8 Å². The maximum atomic E-state index is 12.1. The van der Waals surface area contributed by atoms with Crippen LogP contribution in [0, 0.1) is 5.92 Å². The molecular weight excluding hydrogens is 459 g/mol. The Morgan fingerprint density at radius 2 is 2.04 bits per heavy atom. The van der Waals surface area contributed by atoms with Crippen LogP contribution in [0.2, 0.25) is 0 Å². The van der Waals surface area contributed by atoms with Gasteiger partial charge < -0.3 is 15.5 Å². The first kappa shape index (κ1) is 23.1. The number of carbonyl (C=O) groups is 1. The van der Waals surface area contributed by atoms with Crippen LogP contribution in [0.4, 0.5) is 0 Å². The van der Waals surface area contributed by atoms with E-state index in [1.807, 2.05) is 42.1 Å². The van der Waals surface area contributed by atoms with Crippen molar-refractivity contribution in [2.24, 2.45) is 10.9 Å². The molecule has 1 aromatic rings. The summed E-state index contributed by atoms with van der Waals surface area (Å²) in [6.45, 7) is 10.1. The van der Waals surface area contributed by atoms with Gasteiger partial charge in [0.1, 0.15) is 6.54 Å². The van der Waals surface area contributed by atoms with Crippen molar-refractivity contribution >= 4 is 47.6 Å². The molecule has 1 aliphatic heterocycles. The summed E-state index contributed by atoms with van der Waals surface area (Å²) in [5.74, 6) is 2.55. The van der Waals surface area contributed by atoms with Crippen LogP contribution in [0.15, 0.2) is 35.3 Å². The monoisotopic (exact) mass is 490 g/mol. The number of aliphatic imine (C=N–C) groups is 1. The van der Waals surface area contributed by atoms with E-state index in [-0.39, 0.29) is 36.4 Å². The molecule has 1 atom stereocenters. The molecule has 5 nitrogen and oxygen atoms in total. The van der Waals surface area contributed by atoms with Gasteiger partial charge in [0.15, 0.2) is 5.96 Å². The van der Waals surface area contributed by atoms with Gasteiger partial charge in [0, 0.05) is 37.2 Å². The second-order valence-corrected chi connectivity index (χ2v) is 7.88. The molecule has 0 saturated carbocycles. The highest BCUT2D eigenvalue weighted by Gasteiger charge is 2.24. The Kier molecular flexibility index (Phi) is 11.0. The molecule has 0 aliphatic carbocycles. The van der Waals surface area contributed by atoms with Crippen molar-refractivity contribution in [1.29, 1.82) is 0 Å². The number of carbonyl (C=O) groups excluding carboxylic acids is 1. The van der Waals surface area contributed by atoms with Crippen LogP contribution >= 0.6 is 35.7 Å². The number of hydrogen-bond donors (Lipinski definition) is 2. The Bertz CT molecular complexity index is 568. The Labute approximate surface area is 178 Å². The molecule has 0 bridgehead atoms. The molecule has 1 amide bonds. The summed E-state index contributed by atoms with van der Waals surface area (Å²) >= 11 is 2.04. The molecule has 1 unspecified atom stereocenters. The van der Waals surface area contributed by atoms with E-state index in [2.05, 4.69) is 41.3 Å². The van der Waals surface area contributed by atoms with Gasteiger partial charge in [-0.05, 0) is 18.4 Å². The maximum Gasteiger partial charge on any atom is 0.242 e. The van der Waals surface area contributed by atoms with Crippen molar-refractivity contribution in [3.63, 3.8) is 0 Å². The van der Waals surface area contributed by atoms with Crippen LogP contribution in [0.25, 0.3) is 0 Å². The zero-order valence-electron chi connectivity index (χ0n) is 15.9. The van der Waals surface area contributed by atoms with Gasteiger partial charge in [0.2, 0.25) is 5.91 Å². The second-order valence-electron chi connectivity index (χ2n) is 6.53. The van der Waals surface area contributed by atoms with Gasteiger partial charge in [-0.3, -0.25) is 4.79 Å². The van der Waals surface area contributed by atoms with Gasteiger partial charge in [-0.25, -0.2) is 4.99 Å². The fraction of sp³-hybridized carbons (Fsp3) is 0.579. The van der Waals surface area contributed by atoms with Crippen LogP contribution in [0.5, 0.6) is 0 Å². The summed E-state index contributed by atoms with van der Waals surface area (Å²) in [5.41, 5.74) is 1.10. The summed E-state index contributed by atoms with van der Waals surface area (Å²) in [7, 11) is 0.